The van der Waals surface area contributed by atoms with E-state index in [1.165, 1.54) is 24.3 Å². The molecule has 0 amide bonds. The molecule has 0 atom stereocenters. The summed E-state index contributed by atoms with van der Waals surface area (Å²) in [7, 11) is -18.7. The molecule has 6 N–H and O–H groups in total. The zero-order valence-electron chi connectivity index (χ0n) is 20.0. The first kappa shape index (κ1) is 29.2. The van der Waals surface area contributed by atoms with Crippen molar-refractivity contribution in [3.05, 3.63) is 84.9 Å². The highest BCUT2D eigenvalue weighted by Crippen LogP contribution is 2.39. The van der Waals surface area contributed by atoms with Crippen molar-refractivity contribution in [3.8, 4) is 11.1 Å². The van der Waals surface area contributed by atoms with Crippen LogP contribution in [0.1, 0.15) is 0 Å². The number of anilines is 2. The Morgan fingerprint density at radius 3 is 1.10 bits per heavy atom. The van der Waals surface area contributed by atoms with Gasteiger partial charge >= 0.3 is 0 Å². The molecule has 16 heteroatoms. The summed E-state index contributed by atoms with van der Waals surface area (Å²) in [5.74, 6) is 0. The van der Waals surface area contributed by atoms with Gasteiger partial charge in [0.05, 0.1) is 29.4 Å². The summed E-state index contributed by atoms with van der Waals surface area (Å²) >= 11 is 0. The van der Waals surface area contributed by atoms with Gasteiger partial charge in [0.15, 0.2) is 0 Å². The fraction of sp³-hybridized carbons (Fsp3) is 0. The molecular formula is C24H20N2O10S4. The average Bonchev–Trinajstić information content (AvgIpc) is 2.88. The van der Waals surface area contributed by atoms with Crippen LogP contribution in [-0.4, -0.2) is 42.8 Å². The van der Waals surface area contributed by atoms with Crippen LogP contribution in [0, 0.1) is 0 Å². The van der Waals surface area contributed by atoms with Gasteiger partial charge in [-0.1, -0.05) is 24.3 Å². The van der Waals surface area contributed by atoms with E-state index in [1.807, 2.05) is 0 Å². The lowest BCUT2D eigenvalue weighted by molar-refractivity contribution is 0.480. The Morgan fingerprint density at radius 2 is 0.775 bits per heavy atom. The molecule has 0 spiro atoms. The van der Waals surface area contributed by atoms with E-state index >= 15 is 0 Å². The Kier molecular flexibility index (Phi) is 7.29. The summed E-state index contributed by atoms with van der Waals surface area (Å²) < 4.78 is 120. The van der Waals surface area contributed by atoms with Crippen LogP contribution in [0.25, 0.3) is 11.1 Å². The Balaban J connectivity index is 2.01. The number of hydrogen-bond acceptors (Lipinski definition) is 10. The van der Waals surface area contributed by atoms with Crippen LogP contribution in [0.4, 0.5) is 11.4 Å². The van der Waals surface area contributed by atoms with Crippen LogP contribution in [-0.2, 0) is 39.9 Å². The Bertz CT molecular complexity index is 1960. The van der Waals surface area contributed by atoms with Gasteiger partial charge in [-0.25, -0.2) is 16.8 Å². The van der Waals surface area contributed by atoms with E-state index in [1.54, 1.807) is 0 Å². The molecule has 40 heavy (non-hydrogen) atoms. The predicted octanol–water partition coefficient (Wildman–Crippen LogP) is 2.68. The third kappa shape index (κ3) is 5.58. The molecule has 0 saturated heterocycles. The minimum atomic E-state index is -4.76. The van der Waals surface area contributed by atoms with Gasteiger partial charge in [-0.3, -0.25) is 9.11 Å². The van der Waals surface area contributed by atoms with Gasteiger partial charge < -0.3 is 11.5 Å². The van der Waals surface area contributed by atoms with E-state index in [-0.39, 0.29) is 22.5 Å². The first-order valence-electron chi connectivity index (χ1n) is 10.9. The fourth-order valence-corrected chi connectivity index (χ4v) is 8.13. The maximum atomic E-state index is 13.7. The first-order valence-corrected chi connectivity index (χ1v) is 16.7. The van der Waals surface area contributed by atoms with Crippen LogP contribution in [0.2, 0.25) is 0 Å². The summed E-state index contributed by atoms with van der Waals surface area (Å²) in [6, 6.07) is 15.0. The minimum Gasteiger partial charge on any atom is -0.399 e. The van der Waals surface area contributed by atoms with Gasteiger partial charge in [-0.2, -0.15) is 16.8 Å². The van der Waals surface area contributed by atoms with Crippen LogP contribution in [0.5, 0.6) is 0 Å². The highest BCUT2D eigenvalue weighted by molar-refractivity contribution is 7.92. The van der Waals surface area contributed by atoms with E-state index in [9.17, 15) is 42.8 Å². The van der Waals surface area contributed by atoms with Crippen molar-refractivity contribution in [2.45, 2.75) is 29.4 Å². The molecule has 0 bridgehead atoms. The van der Waals surface area contributed by atoms with Crippen molar-refractivity contribution in [2.24, 2.45) is 0 Å². The average molecular weight is 625 g/mol. The zero-order chi connectivity index (χ0) is 29.7. The van der Waals surface area contributed by atoms with Gasteiger partial charge in [-0.05, 0) is 60.7 Å². The molecule has 4 aromatic carbocycles. The number of nitrogen functional groups attached to an aromatic ring is 2. The van der Waals surface area contributed by atoms with Crippen molar-refractivity contribution in [1.82, 2.24) is 0 Å². The quantitative estimate of drug-likeness (QED) is 0.172. The zero-order valence-corrected chi connectivity index (χ0v) is 23.3. The molecule has 0 radical (unpaired) electrons. The Labute approximate surface area is 230 Å². The number of sulfone groups is 2. The molecule has 0 heterocycles. The van der Waals surface area contributed by atoms with Gasteiger partial charge in [0.2, 0.25) is 19.7 Å². The van der Waals surface area contributed by atoms with Crippen LogP contribution in [0.3, 0.4) is 0 Å². The number of benzene rings is 4. The maximum Gasteiger partial charge on any atom is 0.294 e. The lowest BCUT2D eigenvalue weighted by Gasteiger charge is -2.16. The van der Waals surface area contributed by atoms with Gasteiger partial charge in [0.1, 0.15) is 0 Å². The first-order chi connectivity index (χ1) is 18.4. The van der Waals surface area contributed by atoms with E-state index in [0.717, 1.165) is 60.7 Å². The SMILES string of the molecule is Nc1ccc(-c2ccc(N)cc2S(=O)(=O)c2cccc(S(=O)(=O)O)c2)c(S(=O)(=O)c2cccc(S(=O)(=O)O)c2)c1. The van der Waals surface area contributed by atoms with Crippen molar-refractivity contribution in [2.75, 3.05) is 11.5 Å². The van der Waals surface area contributed by atoms with Crippen LogP contribution < -0.4 is 11.5 Å². The molecule has 0 saturated carbocycles. The molecule has 0 aliphatic carbocycles. The van der Waals surface area contributed by atoms with Crippen molar-refractivity contribution < 1.29 is 42.8 Å². The second kappa shape index (κ2) is 9.99. The molecule has 0 fully saturated rings. The fourth-order valence-electron chi connectivity index (χ4n) is 3.83. The number of rotatable bonds is 7. The van der Waals surface area contributed by atoms with Crippen molar-refractivity contribution >= 4 is 51.3 Å². The molecule has 4 rings (SSSR count). The van der Waals surface area contributed by atoms with Gasteiger partial charge in [0, 0.05) is 22.5 Å². The Morgan fingerprint density at radius 1 is 0.450 bits per heavy atom. The minimum absolute atomic E-state index is 0.0195. The highest BCUT2D eigenvalue weighted by atomic mass is 32.2. The molecule has 210 valence electrons. The monoisotopic (exact) mass is 624 g/mol. The topological polar surface area (TPSA) is 229 Å². The third-order valence-electron chi connectivity index (χ3n) is 5.71. The van der Waals surface area contributed by atoms with E-state index in [0.29, 0.717) is 0 Å². The normalized spacial score (nSPS) is 12.8. The van der Waals surface area contributed by atoms with E-state index < -0.39 is 69.3 Å². The summed E-state index contributed by atoms with van der Waals surface area (Å²) in [5.41, 5.74) is 11.4. The predicted molar refractivity (Wildman–Crippen MR) is 144 cm³/mol. The molecule has 4 aromatic rings. The summed E-state index contributed by atoms with van der Waals surface area (Å²) in [5, 5.41) is 0. The molecule has 0 aromatic heterocycles. The standard InChI is InChI=1S/C24H20N2O10S4/c25-15-7-9-21(23(11-15)37(27,28)17-3-1-5-19(13-17)39(31,32)33)22-10-8-16(26)12-24(22)38(29,30)18-4-2-6-20(14-18)40(34,35)36/h1-14H,25-26H2,(H,31,32,33)(H,34,35,36). The third-order valence-corrected chi connectivity index (χ3v) is 11.0. The number of hydrogen-bond donors (Lipinski definition) is 4. The maximum absolute atomic E-state index is 13.7. The smallest absolute Gasteiger partial charge is 0.294 e. The molecule has 0 aliphatic rings. The lowest BCUT2D eigenvalue weighted by Crippen LogP contribution is -2.10. The van der Waals surface area contributed by atoms with Crippen molar-refractivity contribution in [3.63, 3.8) is 0 Å². The number of nitrogens with two attached hydrogens (primary N) is 2. The molecular weight excluding hydrogens is 605 g/mol. The largest absolute Gasteiger partial charge is 0.399 e. The van der Waals surface area contributed by atoms with Gasteiger partial charge in [-0.15, -0.1) is 0 Å². The summed E-state index contributed by atoms with van der Waals surface area (Å²) in [4.78, 5) is -3.42. The molecule has 12 nitrogen and oxygen atoms in total. The summed E-state index contributed by atoms with van der Waals surface area (Å²) in [6.07, 6.45) is 0. The molecule has 0 aliphatic heterocycles. The second-order valence-electron chi connectivity index (χ2n) is 8.42. The van der Waals surface area contributed by atoms with E-state index in [2.05, 4.69) is 0 Å². The van der Waals surface area contributed by atoms with E-state index in [4.69, 9.17) is 11.5 Å². The molecule has 0 unspecified atom stereocenters. The van der Waals surface area contributed by atoms with Crippen LogP contribution in [0.15, 0.2) is 114 Å². The van der Waals surface area contributed by atoms with Crippen LogP contribution >= 0.6 is 0 Å². The van der Waals surface area contributed by atoms with Crippen molar-refractivity contribution in [1.29, 1.82) is 0 Å². The summed E-state index contributed by atoms with van der Waals surface area (Å²) in [6.45, 7) is 0. The highest BCUT2D eigenvalue weighted by Gasteiger charge is 2.29. The second-order valence-corrected chi connectivity index (χ2v) is 15.1. The lowest BCUT2D eigenvalue weighted by atomic mass is 10.0. The van der Waals surface area contributed by atoms with Gasteiger partial charge in [0.25, 0.3) is 20.2 Å². The Hall–Kier alpha value is -3.80.